The Morgan fingerprint density at radius 1 is 1.02 bits per heavy atom. The fourth-order valence-corrected chi connectivity index (χ4v) is 6.36. The van der Waals surface area contributed by atoms with E-state index in [0.29, 0.717) is 28.8 Å². The van der Waals surface area contributed by atoms with E-state index in [1.54, 1.807) is 13.8 Å². The quantitative estimate of drug-likeness (QED) is 0.276. The summed E-state index contributed by atoms with van der Waals surface area (Å²) in [6.45, 7) is 3.92. The van der Waals surface area contributed by atoms with Gasteiger partial charge in [0.05, 0.1) is 24.3 Å². The Hall–Kier alpha value is -3.40. The zero-order valence-electron chi connectivity index (χ0n) is 24.5. The lowest BCUT2D eigenvalue weighted by atomic mass is 9.89. The number of alkyl halides is 7. The average molecular weight is 671 g/mol. The lowest BCUT2D eigenvalue weighted by Crippen LogP contribution is -2.42. The number of carbonyl (C=O) groups is 1. The molecule has 2 aromatic carbocycles. The lowest BCUT2D eigenvalue weighted by molar-refractivity contribution is -0.143. The zero-order chi connectivity index (χ0) is 33.6. The van der Waals surface area contributed by atoms with E-state index in [1.165, 1.54) is 20.1 Å². The first kappa shape index (κ1) is 34.5. The summed E-state index contributed by atoms with van der Waals surface area (Å²) in [7, 11) is -3.07. The molecule has 0 aliphatic carbocycles. The van der Waals surface area contributed by atoms with Gasteiger partial charge in [0.25, 0.3) is 0 Å². The van der Waals surface area contributed by atoms with Gasteiger partial charge < -0.3 is 9.47 Å². The van der Waals surface area contributed by atoms with Gasteiger partial charge in [0.1, 0.15) is 17.7 Å². The van der Waals surface area contributed by atoms with Crippen LogP contribution in [-0.2, 0) is 27.1 Å². The van der Waals surface area contributed by atoms with Gasteiger partial charge in [-0.15, -0.1) is 0 Å². The number of halogens is 8. The Balaban J connectivity index is 1.80. The Morgan fingerprint density at radius 2 is 1.62 bits per heavy atom. The number of sulfonamides is 1. The van der Waals surface area contributed by atoms with Crippen molar-refractivity contribution in [2.45, 2.75) is 57.6 Å². The molecule has 0 unspecified atom stereocenters. The highest BCUT2D eigenvalue weighted by Gasteiger charge is 2.44. The van der Waals surface area contributed by atoms with Crippen LogP contribution in [0.15, 0.2) is 35.9 Å². The maximum Gasteiger partial charge on any atom is 0.416 e. The lowest BCUT2D eigenvalue weighted by Gasteiger charge is -2.33. The number of benzene rings is 2. The average Bonchev–Trinajstić information content (AvgIpc) is 3.24. The van der Waals surface area contributed by atoms with Crippen molar-refractivity contribution < 1.29 is 57.8 Å². The van der Waals surface area contributed by atoms with Crippen molar-refractivity contribution in [3.8, 4) is 5.75 Å². The van der Waals surface area contributed by atoms with Gasteiger partial charge in [-0.25, -0.2) is 22.0 Å². The number of hydrogen-bond donors (Lipinski definition) is 0. The number of methoxy groups -OCH3 is 1. The van der Waals surface area contributed by atoms with Crippen molar-refractivity contribution in [3.63, 3.8) is 0 Å². The molecule has 1 fully saturated rings. The summed E-state index contributed by atoms with van der Waals surface area (Å²) in [5.74, 6) is -0.719. The van der Waals surface area contributed by atoms with E-state index in [4.69, 9.17) is 9.47 Å². The smallest absolute Gasteiger partial charge is 0.416 e. The molecule has 45 heavy (non-hydrogen) atoms. The zero-order valence-corrected chi connectivity index (χ0v) is 25.3. The van der Waals surface area contributed by atoms with Crippen molar-refractivity contribution in [1.82, 2.24) is 9.21 Å². The summed E-state index contributed by atoms with van der Waals surface area (Å²) < 4.78 is 146. The van der Waals surface area contributed by atoms with E-state index in [2.05, 4.69) is 0 Å². The van der Waals surface area contributed by atoms with E-state index in [1.807, 2.05) is 0 Å². The van der Waals surface area contributed by atoms with Gasteiger partial charge in [-0.05, 0) is 65.8 Å². The Bertz CT molecular complexity index is 1570. The van der Waals surface area contributed by atoms with Crippen LogP contribution < -0.4 is 4.74 Å². The minimum absolute atomic E-state index is 0.00262. The molecule has 1 saturated heterocycles. The van der Waals surface area contributed by atoms with E-state index in [9.17, 15) is 48.3 Å². The molecular formula is C29H30F8N2O5S. The Morgan fingerprint density at radius 3 is 2.13 bits per heavy atom. The minimum atomic E-state index is -5.13. The molecule has 16 heteroatoms. The largest absolute Gasteiger partial charge is 0.496 e. The Labute approximate surface area is 254 Å². The normalized spacial score (nSPS) is 20.3. The number of hydrogen-bond acceptors (Lipinski definition) is 5. The second-order valence-electron chi connectivity index (χ2n) is 11.1. The highest BCUT2D eigenvalue weighted by molar-refractivity contribution is 7.88. The summed E-state index contributed by atoms with van der Waals surface area (Å²) in [4.78, 5) is 14.1. The standard InChI is InChI=1S/C29H30F8N2O5S/c1-15(2)22-10-23(25(43-4)11-24(22)31)21-5-6-38(45(41,42)14-30)12-18(21)13-39-16(3)26(44-27(39)40)17-7-19(28(32,33)34)9-20(8-17)29(35,36)37/h7-11,15-16,26H,5-6,12-14H2,1-4H3/t16-,26-/m0/s1. The van der Waals surface area contributed by atoms with Crippen LogP contribution in [0.1, 0.15) is 67.0 Å². The molecule has 0 radical (unpaired) electrons. The highest BCUT2D eigenvalue weighted by Crippen LogP contribution is 2.42. The van der Waals surface area contributed by atoms with Crippen molar-refractivity contribution >= 4 is 21.7 Å². The van der Waals surface area contributed by atoms with Gasteiger partial charge in [-0.3, -0.25) is 4.90 Å². The van der Waals surface area contributed by atoms with Crippen LogP contribution in [0.5, 0.6) is 5.75 Å². The predicted molar refractivity (Wildman–Crippen MR) is 147 cm³/mol. The first-order chi connectivity index (χ1) is 20.8. The summed E-state index contributed by atoms with van der Waals surface area (Å²) in [6.07, 6.45) is -12.9. The predicted octanol–water partition coefficient (Wildman–Crippen LogP) is 7.29. The Kier molecular flexibility index (Phi) is 9.51. The number of amides is 1. The topological polar surface area (TPSA) is 76.2 Å². The molecular weight excluding hydrogens is 640 g/mol. The highest BCUT2D eigenvalue weighted by atomic mass is 32.2. The molecule has 0 saturated carbocycles. The third kappa shape index (κ3) is 7.05. The summed E-state index contributed by atoms with van der Waals surface area (Å²) in [6, 6.07) is 0.788. The fraction of sp³-hybridized carbons (Fsp3) is 0.483. The number of ether oxygens (including phenoxy) is 2. The summed E-state index contributed by atoms with van der Waals surface area (Å²) >= 11 is 0. The van der Waals surface area contributed by atoms with Gasteiger partial charge in [0, 0.05) is 31.3 Å². The van der Waals surface area contributed by atoms with Crippen molar-refractivity contribution in [1.29, 1.82) is 0 Å². The molecule has 2 aromatic rings. The van der Waals surface area contributed by atoms with Crippen LogP contribution in [0.4, 0.5) is 39.9 Å². The summed E-state index contributed by atoms with van der Waals surface area (Å²) in [5, 5.41) is 0. The first-order valence-electron chi connectivity index (χ1n) is 13.7. The third-order valence-corrected chi connectivity index (χ3v) is 9.27. The van der Waals surface area contributed by atoms with Crippen molar-refractivity contribution in [2.24, 2.45) is 0 Å². The van der Waals surface area contributed by atoms with Crippen LogP contribution in [0.2, 0.25) is 0 Å². The van der Waals surface area contributed by atoms with Crippen molar-refractivity contribution in [2.75, 3.05) is 32.8 Å². The van der Waals surface area contributed by atoms with E-state index >= 15 is 0 Å². The van der Waals surface area contributed by atoms with Gasteiger partial charge in [-0.2, -0.15) is 30.6 Å². The molecule has 0 aromatic heterocycles. The second kappa shape index (κ2) is 12.4. The maximum atomic E-state index is 14.8. The number of rotatable bonds is 8. The van der Waals surface area contributed by atoms with Crippen LogP contribution in [-0.4, -0.2) is 62.5 Å². The van der Waals surface area contributed by atoms with Gasteiger partial charge in [0.15, 0.2) is 0 Å². The van der Waals surface area contributed by atoms with E-state index in [0.717, 1.165) is 15.3 Å². The fourth-order valence-electron chi connectivity index (χ4n) is 5.50. The molecule has 2 aliphatic rings. The maximum absolute atomic E-state index is 14.8. The molecule has 0 N–H and O–H groups in total. The first-order valence-corrected chi connectivity index (χ1v) is 15.3. The molecule has 0 bridgehead atoms. The van der Waals surface area contributed by atoms with E-state index in [-0.39, 0.29) is 42.8 Å². The third-order valence-electron chi connectivity index (χ3n) is 7.89. The monoisotopic (exact) mass is 670 g/mol. The molecule has 1 amide bonds. The molecule has 4 rings (SSSR count). The molecule has 7 nitrogen and oxygen atoms in total. The second-order valence-corrected chi connectivity index (χ2v) is 13.0. The molecule has 0 spiro atoms. The molecule has 2 aliphatic heterocycles. The van der Waals surface area contributed by atoms with Crippen LogP contribution >= 0.6 is 0 Å². The number of carbonyl (C=O) groups excluding carboxylic acids is 1. The number of cyclic esters (lactones) is 1. The molecule has 248 valence electrons. The molecule has 2 heterocycles. The van der Waals surface area contributed by atoms with Crippen LogP contribution in [0.3, 0.4) is 0 Å². The molecule has 2 atom stereocenters. The van der Waals surface area contributed by atoms with Gasteiger partial charge in [0.2, 0.25) is 16.0 Å². The van der Waals surface area contributed by atoms with Crippen molar-refractivity contribution in [3.05, 3.63) is 69.5 Å². The SMILES string of the molecule is COc1cc(F)c(C(C)C)cc1C1=C(CN2C(=O)O[C@H](c3cc(C(F)(F)F)cc(C(F)(F)F)c3)[C@@H]2C)CN(S(=O)(=O)CF)CC1. The summed E-state index contributed by atoms with van der Waals surface area (Å²) in [5.41, 5.74) is -2.29. The van der Waals surface area contributed by atoms with Gasteiger partial charge in [-0.1, -0.05) is 13.8 Å². The number of nitrogens with zero attached hydrogens (tertiary/aromatic N) is 2. The minimum Gasteiger partial charge on any atom is -0.496 e. The van der Waals surface area contributed by atoms with Gasteiger partial charge >= 0.3 is 18.4 Å². The van der Waals surface area contributed by atoms with E-state index < -0.39 is 75.7 Å². The van der Waals surface area contributed by atoms with Crippen LogP contribution in [0.25, 0.3) is 5.57 Å². The van der Waals surface area contributed by atoms with Crippen LogP contribution in [0, 0.1) is 5.82 Å².